The summed E-state index contributed by atoms with van der Waals surface area (Å²) >= 11 is 0. The van der Waals surface area contributed by atoms with Crippen LogP contribution in [0.2, 0.25) is 0 Å². The summed E-state index contributed by atoms with van der Waals surface area (Å²) in [6.45, 7) is 6.75. The van der Waals surface area contributed by atoms with E-state index < -0.39 is 0 Å². The smallest absolute Gasteiger partial charge is 0.123 e. The molecule has 118 valence electrons. The fourth-order valence-electron chi connectivity index (χ4n) is 3.95. The van der Waals surface area contributed by atoms with Gasteiger partial charge in [0.1, 0.15) is 11.6 Å². The molecule has 2 rings (SSSR count). The van der Waals surface area contributed by atoms with Crippen molar-refractivity contribution in [3.63, 3.8) is 0 Å². The molecule has 1 aromatic rings. The molecule has 0 bridgehead atoms. The average molecular weight is 293 g/mol. The number of rotatable bonds is 4. The van der Waals surface area contributed by atoms with Crippen molar-refractivity contribution in [2.75, 3.05) is 14.2 Å². The molecule has 21 heavy (non-hydrogen) atoms. The Morgan fingerprint density at radius 2 is 2.00 bits per heavy atom. The predicted octanol–water partition coefficient (Wildman–Crippen LogP) is 4.14. The molecule has 2 nitrogen and oxygen atoms in total. The molecule has 0 heterocycles. The summed E-state index contributed by atoms with van der Waals surface area (Å²) < 4.78 is 19.2. The lowest BCUT2D eigenvalue weighted by molar-refractivity contribution is 0.149. The van der Waals surface area contributed by atoms with Gasteiger partial charge in [-0.2, -0.15) is 0 Å². The van der Waals surface area contributed by atoms with E-state index >= 15 is 0 Å². The van der Waals surface area contributed by atoms with Gasteiger partial charge in [-0.1, -0.05) is 27.2 Å². The summed E-state index contributed by atoms with van der Waals surface area (Å²) in [5.74, 6) is 1.83. The van der Waals surface area contributed by atoms with Crippen LogP contribution < -0.4 is 10.1 Å². The minimum absolute atomic E-state index is 0.124. The zero-order valence-electron chi connectivity index (χ0n) is 13.9. The monoisotopic (exact) mass is 293 g/mol. The molecule has 3 atom stereocenters. The average Bonchev–Trinajstić information content (AvgIpc) is 2.46. The molecule has 1 fully saturated rings. The molecule has 0 radical (unpaired) electrons. The number of methoxy groups -OCH3 is 1. The quantitative estimate of drug-likeness (QED) is 0.901. The zero-order chi connectivity index (χ0) is 15.6. The lowest BCUT2D eigenvalue weighted by Gasteiger charge is -2.45. The van der Waals surface area contributed by atoms with Gasteiger partial charge in [-0.05, 0) is 55.3 Å². The minimum Gasteiger partial charge on any atom is -0.496 e. The van der Waals surface area contributed by atoms with Crippen LogP contribution in [-0.4, -0.2) is 20.2 Å². The molecule has 1 aromatic carbocycles. The number of halogens is 1. The van der Waals surface area contributed by atoms with Gasteiger partial charge in [-0.3, -0.25) is 0 Å². The molecule has 1 saturated carbocycles. The highest BCUT2D eigenvalue weighted by Gasteiger charge is 2.40. The summed E-state index contributed by atoms with van der Waals surface area (Å²) in [6, 6.07) is 5.32. The minimum atomic E-state index is -0.191. The molecular weight excluding hydrogens is 265 g/mol. The standard InChI is InChI=1S/C18H28FNO/c1-12-6-8-14(16(10-12)20-4)18(2,3)15-11-13(19)7-9-17(15)21-5/h7,9,11-12,14,16,20H,6,8,10H2,1-5H3. The highest BCUT2D eigenvalue weighted by molar-refractivity contribution is 5.40. The first-order valence-electron chi connectivity index (χ1n) is 7.91. The molecule has 1 aliphatic rings. The van der Waals surface area contributed by atoms with Crippen molar-refractivity contribution >= 4 is 0 Å². The van der Waals surface area contributed by atoms with Gasteiger partial charge in [-0.15, -0.1) is 0 Å². The second-order valence-corrected chi connectivity index (χ2v) is 6.99. The van der Waals surface area contributed by atoms with Gasteiger partial charge in [0.2, 0.25) is 0 Å². The summed E-state index contributed by atoms with van der Waals surface area (Å²) in [6.07, 6.45) is 3.59. The van der Waals surface area contributed by atoms with E-state index in [0.717, 1.165) is 17.2 Å². The van der Waals surface area contributed by atoms with Crippen LogP contribution in [0.4, 0.5) is 4.39 Å². The van der Waals surface area contributed by atoms with Crippen LogP contribution in [0.25, 0.3) is 0 Å². The van der Waals surface area contributed by atoms with Crippen LogP contribution in [0.15, 0.2) is 18.2 Å². The molecule has 1 N–H and O–H groups in total. The first-order chi connectivity index (χ1) is 9.90. The summed E-state index contributed by atoms with van der Waals surface area (Å²) in [7, 11) is 3.69. The normalized spacial score (nSPS) is 26.7. The van der Waals surface area contributed by atoms with Crippen LogP contribution in [-0.2, 0) is 5.41 Å². The number of nitrogens with one attached hydrogen (secondary N) is 1. The van der Waals surface area contributed by atoms with E-state index in [1.165, 1.54) is 25.3 Å². The molecule has 0 spiro atoms. The lowest BCUT2D eigenvalue weighted by atomic mass is 9.63. The van der Waals surface area contributed by atoms with E-state index in [2.05, 4.69) is 26.1 Å². The fraction of sp³-hybridized carbons (Fsp3) is 0.667. The maximum Gasteiger partial charge on any atom is 0.123 e. The molecule has 3 unspecified atom stereocenters. The largest absolute Gasteiger partial charge is 0.496 e. The molecule has 0 aromatic heterocycles. The number of ether oxygens (including phenoxy) is 1. The predicted molar refractivity (Wildman–Crippen MR) is 85.3 cm³/mol. The molecule has 3 heteroatoms. The third-order valence-electron chi connectivity index (χ3n) is 5.27. The van der Waals surface area contributed by atoms with E-state index in [1.807, 2.05) is 7.05 Å². The summed E-state index contributed by atoms with van der Waals surface area (Å²) in [5, 5.41) is 3.48. The van der Waals surface area contributed by atoms with Gasteiger partial charge < -0.3 is 10.1 Å². The Morgan fingerprint density at radius 1 is 1.29 bits per heavy atom. The zero-order valence-corrected chi connectivity index (χ0v) is 13.9. The van der Waals surface area contributed by atoms with Crippen molar-refractivity contribution in [3.8, 4) is 5.75 Å². The first-order valence-corrected chi connectivity index (χ1v) is 7.91. The van der Waals surface area contributed by atoms with Crippen molar-refractivity contribution in [2.45, 2.75) is 51.5 Å². The van der Waals surface area contributed by atoms with Gasteiger partial charge in [-0.25, -0.2) is 4.39 Å². The van der Waals surface area contributed by atoms with E-state index in [-0.39, 0.29) is 11.2 Å². The second kappa shape index (κ2) is 6.35. The Balaban J connectivity index is 2.38. The second-order valence-electron chi connectivity index (χ2n) is 6.99. The van der Waals surface area contributed by atoms with Crippen LogP contribution in [0.1, 0.15) is 45.6 Å². The molecule has 0 aliphatic heterocycles. The Hall–Kier alpha value is -1.09. The number of hydrogen-bond acceptors (Lipinski definition) is 2. The van der Waals surface area contributed by atoms with E-state index in [4.69, 9.17) is 4.74 Å². The van der Waals surface area contributed by atoms with Gasteiger partial charge >= 0.3 is 0 Å². The lowest BCUT2D eigenvalue weighted by Crippen LogP contribution is -2.47. The van der Waals surface area contributed by atoms with Crippen molar-refractivity contribution < 1.29 is 9.13 Å². The van der Waals surface area contributed by atoms with Gasteiger partial charge in [0.25, 0.3) is 0 Å². The molecule has 0 saturated heterocycles. The number of hydrogen-bond donors (Lipinski definition) is 1. The Kier molecular flexibility index (Phi) is 4.92. The molecule has 1 aliphatic carbocycles. The van der Waals surface area contributed by atoms with Gasteiger partial charge in [0.05, 0.1) is 7.11 Å². The fourth-order valence-corrected chi connectivity index (χ4v) is 3.95. The van der Waals surface area contributed by atoms with Crippen molar-refractivity contribution in [1.29, 1.82) is 0 Å². The molecular formula is C18H28FNO. The Labute approximate surface area is 128 Å². The van der Waals surface area contributed by atoms with Crippen LogP contribution >= 0.6 is 0 Å². The Morgan fingerprint density at radius 3 is 2.62 bits per heavy atom. The van der Waals surface area contributed by atoms with Gasteiger partial charge in [0, 0.05) is 11.6 Å². The highest BCUT2D eigenvalue weighted by atomic mass is 19.1. The van der Waals surface area contributed by atoms with E-state index in [9.17, 15) is 4.39 Å². The van der Waals surface area contributed by atoms with Crippen molar-refractivity contribution in [3.05, 3.63) is 29.6 Å². The first kappa shape index (κ1) is 16.3. The van der Waals surface area contributed by atoms with E-state index in [1.54, 1.807) is 19.2 Å². The third-order valence-corrected chi connectivity index (χ3v) is 5.27. The SMILES string of the molecule is CNC1CC(C)CCC1C(C)(C)c1cc(F)ccc1OC. The summed E-state index contributed by atoms with van der Waals surface area (Å²) in [4.78, 5) is 0. The Bertz CT molecular complexity index is 486. The summed E-state index contributed by atoms with van der Waals surface area (Å²) in [5.41, 5.74) is 0.853. The van der Waals surface area contributed by atoms with Crippen molar-refractivity contribution in [1.82, 2.24) is 5.32 Å². The van der Waals surface area contributed by atoms with Crippen LogP contribution in [0.3, 0.4) is 0 Å². The van der Waals surface area contributed by atoms with Crippen LogP contribution in [0, 0.1) is 17.7 Å². The molecule has 0 amide bonds. The van der Waals surface area contributed by atoms with Crippen LogP contribution in [0.5, 0.6) is 5.75 Å². The van der Waals surface area contributed by atoms with Crippen molar-refractivity contribution in [2.24, 2.45) is 11.8 Å². The van der Waals surface area contributed by atoms with E-state index in [0.29, 0.717) is 12.0 Å². The topological polar surface area (TPSA) is 21.3 Å². The maximum absolute atomic E-state index is 13.8. The third kappa shape index (κ3) is 3.23. The maximum atomic E-state index is 13.8. The highest BCUT2D eigenvalue weighted by Crippen LogP contribution is 2.45. The van der Waals surface area contributed by atoms with Gasteiger partial charge in [0.15, 0.2) is 0 Å². The number of benzene rings is 1.